The van der Waals surface area contributed by atoms with Gasteiger partial charge in [-0.3, -0.25) is 9.59 Å². The van der Waals surface area contributed by atoms with E-state index in [1.54, 1.807) is 43.4 Å². The first-order chi connectivity index (χ1) is 13.1. The van der Waals surface area contributed by atoms with Gasteiger partial charge in [-0.25, -0.2) is 0 Å². The molecular formula is C21H24F2N2O3. The zero-order valence-electron chi connectivity index (χ0n) is 16.3. The second-order valence-corrected chi connectivity index (χ2v) is 7.47. The fraction of sp³-hybridized carbons (Fsp3) is 0.333. The Kier molecular flexibility index (Phi) is 6.72. The molecule has 150 valence electrons. The van der Waals surface area contributed by atoms with Gasteiger partial charge in [-0.05, 0) is 35.9 Å². The van der Waals surface area contributed by atoms with E-state index in [0.29, 0.717) is 17.8 Å². The molecule has 1 N–H and O–H groups in total. The van der Waals surface area contributed by atoms with Crippen LogP contribution in [0.4, 0.5) is 14.5 Å². The Morgan fingerprint density at radius 1 is 1.11 bits per heavy atom. The molecule has 28 heavy (non-hydrogen) atoms. The van der Waals surface area contributed by atoms with E-state index in [4.69, 9.17) is 0 Å². The summed E-state index contributed by atoms with van der Waals surface area (Å²) in [5, 5.41) is 2.80. The molecule has 0 aromatic heterocycles. The van der Waals surface area contributed by atoms with E-state index in [1.165, 1.54) is 17.0 Å². The van der Waals surface area contributed by atoms with E-state index >= 15 is 0 Å². The lowest BCUT2D eigenvalue weighted by molar-refractivity contribution is -0.123. The molecule has 0 radical (unpaired) electrons. The van der Waals surface area contributed by atoms with Crippen molar-refractivity contribution in [1.29, 1.82) is 0 Å². The van der Waals surface area contributed by atoms with E-state index in [1.807, 2.05) is 20.8 Å². The third-order valence-corrected chi connectivity index (χ3v) is 3.96. The van der Waals surface area contributed by atoms with Crippen LogP contribution in [0.15, 0.2) is 48.5 Å². The molecule has 2 amide bonds. The van der Waals surface area contributed by atoms with E-state index in [9.17, 15) is 18.4 Å². The van der Waals surface area contributed by atoms with Crippen molar-refractivity contribution < 1.29 is 23.1 Å². The highest BCUT2D eigenvalue weighted by atomic mass is 19.3. The van der Waals surface area contributed by atoms with Crippen molar-refractivity contribution in [3.63, 3.8) is 0 Å². The number of carbonyl (C=O) groups excluding carboxylic acids is 2. The molecule has 5 nitrogen and oxygen atoms in total. The predicted molar refractivity (Wildman–Crippen MR) is 103 cm³/mol. The monoisotopic (exact) mass is 390 g/mol. The minimum Gasteiger partial charge on any atom is -0.435 e. The number of rotatable bonds is 6. The molecule has 7 heteroatoms. The average molecular weight is 390 g/mol. The second-order valence-electron chi connectivity index (χ2n) is 7.47. The summed E-state index contributed by atoms with van der Waals surface area (Å²) in [6.45, 7) is 2.85. The number of benzene rings is 2. The van der Waals surface area contributed by atoms with Crippen LogP contribution in [0.2, 0.25) is 0 Å². The number of alkyl halides is 2. The van der Waals surface area contributed by atoms with Crippen molar-refractivity contribution in [2.24, 2.45) is 5.41 Å². The van der Waals surface area contributed by atoms with Gasteiger partial charge < -0.3 is 15.0 Å². The number of hydrogen-bond donors (Lipinski definition) is 1. The summed E-state index contributed by atoms with van der Waals surface area (Å²) in [4.78, 5) is 26.3. The molecule has 2 rings (SSSR count). The van der Waals surface area contributed by atoms with Gasteiger partial charge >= 0.3 is 6.61 Å². The summed E-state index contributed by atoms with van der Waals surface area (Å²) in [5.74, 6) is -0.300. The molecule has 0 fully saturated rings. The normalized spacial score (nSPS) is 11.2. The maximum absolute atomic E-state index is 12.7. The number of nitrogens with zero attached hydrogens (tertiary/aromatic N) is 1. The number of halogens is 2. The highest BCUT2D eigenvalue weighted by molar-refractivity contribution is 5.98. The molecule has 0 bridgehead atoms. The van der Waals surface area contributed by atoms with Crippen molar-refractivity contribution in [3.8, 4) is 5.75 Å². The van der Waals surface area contributed by atoms with Gasteiger partial charge in [0.1, 0.15) is 5.75 Å². The summed E-state index contributed by atoms with van der Waals surface area (Å²) >= 11 is 0. The van der Waals surface area contributed by atoms with Crippen LogP contribution in [-0.2, 0) is 11.3 Å². The first-order valence-corrected chi connectivity index (χ1v) is 8.77. The molecule has 0 heterocycles. The summed E-state index contributed by atoms with van der Waals surface area (Å²) in [6, 6.07) is 12.8. The molecule has 0 atom stereocenters. The van der Waals surface area contributed by atoms with Crippen LogP contribution in [0.1, 0.15) is 36.7 Å². The summed E-state index contributed by atoms with van der Waals surface area (Å²) in [5.41, 5.74) is 1.21. The largest absolute Gasteiger partial charge is 0.435 e. The van der Waals surface area contributed by atoms with Gasteiger partial charge in [-0.1, -0.05) is 39.0 Å². The number of hydrogen-bond acceptors (Lipinski definition) is 3. The molecule has 0 saturated heterocycles. The first-order valence-electron chi connectivity index (χ1n) is 8.77. The summed E-state index contributed by atoms with van der Waals surface area (Å²) in [7, 11) is 1.65. The molecule has 0 aliphatic carbocycles. The highest BCUT2D eigenvalue weighted by Crippen LogP contribution is 2.20. The molecule has 2 aromatic carbocycles. The van der Waals surface area contributed by atoms with Gasteiger partial charge in [0.25, 0.3) is 5.91 Å². The van der Waals surface area contributed by atoms with Gasteiger partial charge in [0.15, 0.2) is 0 Å². The number of nitrogens with one attached hydrogen (secondary N) is 1. The first kappa shape index (κ1) is 21.3. The SMILES string of the molecule is CN(Cc1ccc(OC(F)F)cc1)C(=O)c1cccc(NC(=O)C(C)(C)C)c1. The molecule has 0 saturated carbocycles. The second kappa shape index (κ2) is 8.82. The van der Waals surface area contributed by atoms with Gasteiger partial charge in [0.05, 0.1) is 0 Å². The fourth-order valence-corrected chi connectivity index (χ4v) is 2.39. The van der Waals surface area contributed by atoms with Crippen LogP contribution in [0.3, 0.4) is 0 Å². The van der Waals surface area contributed by atoms with E-state index in [0.717, 1.165) is 5.56 Å². The van der Waals surface area contributed by atoms with Gasteiger partial charge in [0, 0.05) is 30.3 Å². The van der Waals surface area contributed by atoms with E-state index < -0.39 is 12.0 Å². The van der Waals surface area contributed by atoms with Crippen molar-refractivity contribution in [2.45, 2.75) is 33.9 Å². The Hall–Kier alpha value is -2.96. The Morgan fingerprint density at radius 2 is 1.75 bits per heavy atom. The highest BCUT2D eigenvalue weighted by Gasteiger charge is 2.21. The van der Waals surface area contributed by atoms with Crippen LogP contribution in [-0.4, -0.2) is 30.4 Å². The molecule has 2 aromatic rings. The Morgan fingerprint density at radius 3 is 2.32 bits per heavy atom. The third kappa shape index (κ3) is 6.04. The van der Waals surface area contributed by atoms with Gasteiger partial charge in [-0.2, -0.15) is 8.78 Å². The van der Waals surface area contributed by atoms with Crippen LogP contribution >= 0.6 is 0 Å². The van der Waals surface area contributed by atoms with E-state index in [-0.39, 0.29) is 17.6 Å². The molecular weight excluding hydrogens is 366 g/mol. The third-order valence-electron chi connectivity index (χ3n) is 3.96. The lowest BCUT2D eigenvalue weighted by Gasteiger charge is -2.20. The minimum absolute atomic E-state index is 0.0648. The van der Waals surface area contributed by atoms with Crippen LogP contribution in [0.25, 0.3) is 0 Å². The Labute approximate surface area is 163 Å². The number of carbonyl (C=O) groups is 2. The van der Waals surface area contributed by atoms with Crippen molar-refractivity contribution in [2.75, 3.05) is 12.4 Å². The zero-order chi connectivity index (χ0) is 20.9. The molecule has 0 aliphatic heterocycles. The fourth-order valence-electron chi connectivity index (χ4n) is 2.39. The summed E-state index contributed by atoms with van der Waals surface area (Å²) < 4.78 is 28.7. The predicted octanol–water partition coefficient (Wildman–Crippen LogP) is 4.54. The number of amides is 2. The zero-order valence-corrected chi connectivity index (χ0v) is 16.3. The van der Waals surface area contributed by atoms with E-state index in [2.05, 4.69) is 10.1 Å². The van der Waals surface area contributed by atoms with Crippen molar-refractivity contribution in [3.05, 3.63) is 59.7 Å². The van der Waals surface area contributed by atoms with Crippen LogP contribution in [0, 0.1) is 5.41 Å². The smallest absolute Gasteiger partial charge is 0.387 e. The van der Waals surface area contributed by atoms with Crippen molar-refractivity contribution >= 4 is 17.5 Å². The molecule has 0 aliphatic rings. The Balaban J connectivity index is 2.04. The standard InChI is InChI=1S/C21H24F2N2O3/c1-21(2,3)19(27)24-16-7-5-6-15(12-16)18(26)25(4)13-14-8-10-17(11-9-14)28-20(22)23/h5-12,20H,13H2,1-4H3,(H,24,27). The Bertz CT molecular complexity index is 830. The maximum Gasteiger partial charge on any atom is 0.387 e. The maximum atomic E-state index is 12.7. The lowest BCUT2D eigenvalue weighted by atomic mass is 9.95. The summed E-state index contributed by atoms with van der Waals surface area (Å²) in [6.07, 6.45) is 0. The molecule has 0 spiro atoms. The van der Waals surface area contributed by atoms with Crippen LogP contribution < -0.4 is 10.1 Å². The van der Waals surface area contributed by atoms with Gasteiger partial charge in [-0.15, -0.1) is 0 Å². The van der Waals surface area contributed by atoms with Gasteiger partial charge in [0.2, 0.25) is 5.91 Å². The van der Waals surface area contributed by atoms with Crippen LogP contribution in [0.5, 0.6) is 5.75 Å². The topological polar surface area (TPSA) is 58.6 Å². The molecule has 0 unspecified atom stereocenters. The quantitative estimate of drug-likeness (QED) is 0.788. The average Bonchev–Trinajstić information content (AvgIpc) is 2.61. The minimum atomic E-state index is -2.87. The lowest BCUT2D eigenvalue weighted by Crippen LogP contribution is -2.28. The number of anilines is 1. The number of ether oxygens (including phenoxy) is 1. The van der Waals surface area contributed by atoms with Crippen molar-refractivity contribution in [1.82, 2.24) is 4.90 Å².